The molecule has 2 aromatic rings. The van der Waals surface area contributed by atoms with Gasteiger partial charge in [-0.15, -0.1) is 0 Å². The zero-order valence-corrected chi connectivity index (χ0v) is 18.0. The molecular weight excluding hydrogens is 443 g/mol. The molecule has 2 fully saturated rings. The lowest BCUT2D eigenvalue weighted by Gasteiger charge is -2.40. The highest BCUT2D eigenvalue weighted by atomic mass is 19.4. The number of methoxy groups -OCH3 is 1. The summed E-state index contributed by atoms with van der Waals surface area (Å²) in [5.41, 5.74) is 0.800. The standard InChI is InChI=1S/C19H23N5O2.C2HF3O2/c1-26-17-10-16(21-14-22-17)23-9-6-19(12-23)5-3-8-24(13-19)18(25)15-4-2-7-20-11-15;3-2(4,5)1(6)7/h2,4,7,10-11,14H,3,5-6,8-9,12-13H2,1H3;(H,6,7). The van der Waals surface area contributed by atoms with Crippen LogP contribution < -0.4 is 9.64 Å². The molecule has 178 valence electrons. The number of halogens is 3. The van der Waals surface area contributed by atoms with Crippen molar-refractivity contribution >= 4 is 17.7 Å². The van der Waals surface area contributed by atoms with Crippen molar-refractivity contribution in [1.82, 2.24) is 19.9 Å². The molecule has 1 atom stereocenters. The summed E-state index contributed by atoms with van der Waals surface area (Å²) in [5.74, 6) is -1.20. The van der Waals surface area contributed by atoms with E-state index in [1.807, 2.05) is 23.1 Å². The minimum atomic E-state index is -5.08. The predicted molar refractivity (Wildman–Crippen MR) is 111 cm³/mol. The van der Waals surface area contributed by atoms with Crippen molar-refractivity contribution in [3.63, 3.8) is 0 Å². The molecule has 0 saturated carbocycles. The predicted octanol–water partition coefficient (Wildman–Crippen LogP) is 2.65. The average Bonchev–Trinajstić information content (AvgIpc) is 3.22. The number of pyridine rings is 1. The average molecular weight is 467 g/mol. The number of nitrogens with zero attached hydrogens (tertiary/aromatic N) is 5. The third-order valence-corrected chi connectivity index (χ3v) is 5.70. The summed E-state index contributed by atoms with van der Waals surface area (Å²) in [7, 11) is 1.61. The fourth-order valence-corrected chi connectivity index (χ4v) is 4.13. The van der Waals surface area contributed by atoms with Crippen LogP contribution >= 0.6 is 0 Å². The summed E-state index contributed by atoms with van der Waals surface area (Å²) in [6.07, 6.45) is 3.04. The van der Waals surface area contributed by atoms with Gasteiger partial charge in [0.1, 0.15) is 12.1 Å². The number of anilines is 1. The molecule has 1 N–H and O–H groups in total. The van der Waals surface area contributed by atoms with Gasteiger partial charge in [-0.1, -0.05) is 0 Å². The topological polar surface area (TPSA) is 109 Å². The smallest absolute Gasteiger partial charge is 0.481 e. The summed E-state index contributed by atoms with van der Waals surface area (Å²) in [6, 6.07) is 5.53. The van der Waals surface area contributed by atoms with Crippen LogP contribution in [0.2, 0.25) is 0 Å². The molecule has 0 radical (unpaired) electrons. The number of carbonyl (C=O) groups excluding carboxylic acids is 1. The Labute approximate surface area is 188 Å². The van der Waals surface area contributed by atoms with Crippen molar-refractivity contribution in [2.75, 3.05) is 38.2 Å². The van der Waals surface area contributed by atoms with Crippen LogP contribution in [0.25, 0.3) is 0 Å². The second kappa shape index (κ2) is 10.0. The van der Waals surface area contributed by atoms with Crippen LogP contribution in [-0.4, -0.2) is 76.3 Å². The van der Waals surface area contributed by atoms with Crippen molar-refractivity contribution in [2.45, 2.75) is 25.4 Å². The van der Waals surface area contributed by atoms with Gasteiger partial charge in [0.15, 0.2) is 0 Å². The monoisotopic (exact) mass is 467 g/mol. The Morgan fingerprint density at radius 1 is 1.18 bits per heavy atom. The van der Waals surface area contributed by atoms with E-state index in [4.69, 9.17) is 14.6 Å². The molecule has 12 heteroatoms. The number of alkyl halides is 3. The summed E-state index contributed by atoms with van der Waals surface area (Å²) in [5, 5.41) is 7.12. The van der Waals surface area contributed by atoms with Crippen LogP contribution in [0.4, 0.5) is 19.0 Å². The first-order valence-corrected chi connectivity index (χ1v) is 10.2. The second-order valence-corrected chi connectivity index (χ2v) is 7.96. The molecule has 0 aliphatic carbocycles. The number of amides is 1. The molecule has 2 aromatic heterocycles. The highest BCUT2D eigenvalue weighted by Crippen LogP contribution is 2.40. The Bertz CT molecular complexity index is 976. The molecule has 4 rings (SSSR count). The summed E-state index contributed by atoms with van der Waals surface area (Å²) in [6.45, 7) is 3.45. The van der Waals surface area contributed by atoms with Crippen LogP contribution in [0.15, 0.2) is 36.9 Å². The molecule has 2 aliphatic heterocycles. The van der Waals surface area contributed by atoms with E-state index >= 15 is 0 Å². The van der Waals surface area contributed by atoms with E-state index in [2.05, 4.69) is 19.9 Å². The van der Waals surface area contributed by atoms with Gasteiger partial charge in [-0.3, -0.25) is 9.78 Å². The first-order chi connectivity index (χ1) is 15.6. The lowest BCUT2D eigenvalue weighted by molar-refractivity contribution is -0.192. The van der Waals surface area contributed by atoms with Crippen molar-refractivity contribution in [3.8, 4) is 5.88 Å². The Morgan fingerprint density at radius 2 is 1.94 bits per heavy atom. The molecule has 9 nitrogen and oxygen atoms in total. The fraction of sp³-hybridized carbons (Fsp3) is 0.476. The number of rotatable bonds is 3. The van der Waals surface area contributed by atoms with Crippen LogP contribution in [0, 0.1) is 5.41 Å². The number of ether oxygens (including phenoxy) is 1. The number of piperidine rings is 1. The van der Waals surface area contributed by atoms with Crippen molar-refractivity contribution in [1.29, 1.82) is 0 Å². The Hall–Kier alpha value is -3.44. The molecule has 0 aromatic carbocycles. The van der Waals surface area contributed by atoms with Gasteiger partial charge in [0.2, 0.25) is 5.88 Å². The molecule has 33 heavy (non-hydrogen) atoms. The maximum atomic E-state index is 12.8. The minimum Gasteiger partial charge on any atom is -0.481 e. The molecule has 1 amide bonds. The van der Waals surface area contributed by atoms with E-state index in [9.17, 15) is 18.0 Å². The molecule has 0 bridgehead atoms. The number of carbonyl (C=O) groups is 2. The highest BCUT2D eigenvalue weighted by Gasteiger charge is 2.43. The zero-order chi connectivity index (χ0) is 24.1. The number of aromatic nitrogens is 3. The number of hydrogen-bond acceptors (Lipinski definition) is 7. The van der Waals surface area contributed by atoms with Gasteiger partial charge in [0.25, 0.3) is 5.91 Å². The lowest BCUT2D eigenvalue weighted by Crippen LogP contribution is -2.47. The Morgan fingerprint density at radius 3 is 2.58 bits per heavy atom. The van der Waals surface area contributed by atoms with Gasteiger partial charge in [0, 0.05) is 50.1 Å². The van der Waals surface area contributed by atoms with Gasteiger partial charge in [-0.25, -0.2) is 14.8 Å². The number of carboxylic acid groups (broad SMARTS) is 1. The number of carboxylic acids is 1. The number of hydrogen-bond donors (Lipinski definition) is 1. The molecule has 2 aliphatic rings. The van der Waals surface area contributed by atoms with Crippen LogP contribution in [0.5, 0.6) is 5.88 Å². The first-order valence-electron chi connectivity index (χ1n) is 10.2. The Balaban J connectivity index is 0.000000383. The quantitative estimate of drug-likeness (QED) is 0.734. The normalized spacial score (nSPS) is 20.2. The largest absolute Gasteiger partial charge is 0.490 e. The fourth-order valence-electron chi connectivity index (χ4n) is 4.13. The van der Waals surface area contributed by atoms with E-state index in [1.165, 1.54) is 6.33 Å². The van der Waals surface area contributed by atoms with Gasteiger partial charge in [-0.2, -0.15) is 13.2 Å². The zero-order valence-electron chi connectivity index (χ0n) is 18.0. The summed E-state index contributed by atoms with van der Waals surface area (Å²) < 4.78 is 36.9. The van der Waals surface area contributed by atoms with Crippen molar-refractivity contribution in [2.24, 2.45) is 5.41 Å². The molecule has 4 heterocycles. The second-order valence-electron chi connectivity index (χ2n) is 7.96. The van der Waals surface area contributed by atoms with Crippen molar-refractivity contribution < 1.29 is 32.6 Å². The van der Waals surface area contributed by atoms with Gasteiger partial charge >= 0.3 is 12.1 Å². The first kappa shape index (κ1) is 24.2. The summed E-state index contributed by atoms with van der Waals surface area (Å²) in [4.78, 5) is 38.5. The van der Waals surface area contributed by atoms with Crippen LogP contribution in [0.3, 0.4) is 0 Å². The van der Waals surface area contributed by atoms with Gasteiger partial charge in [-0.05, 0) is 31.4 Å². The van der Waals surface area contributed by atoms with Crippen LogP contribution in [-0.2, 0) is 4.79 Å². The highest BCUT2D eigenvalue weighted by molar-refractivity contribution is 5.94. The minimum absolute atomic E-state index is 0.0827. The van der Waals surface area contributed by atoms with E-state index in [1.54, 1.807) is 19.5 Å². The maximum absolute atomic E-state index is 12.8. The Kier molecular flexibility index (Phi) is 7.34. The third kappa shape index (κ3) is 6.08. The van der Waals surface area contributed by atoms with Gasteiger partial charge < -0.3 is 19.6 Å². The van der Waals surface area contributed by atoms with Crippen molar-refractivity contribution in [3.05, 3.63) is 42.5 Å². The van der Waals surface area contributed by atoms with E-state index in [0.29, 0.717) is 11.4 Å². The number of likely N-dealkylation sites (tertiary alicyclic amines) is 1. The molecule has 1 spiro atoms. The number of aliphatic carboxylic acids is 1. The van der Waals surface area contributed by atoms with Gasteiger partial charge in [0.05, 0.1) is 12.7 Å². The molecule has 1 unspecified atom stereocenters. The van der Waals surface area contributed by atoms with E-state index < -0.39 is 12.1 Å². The van der Waals surface area contributed by atoms with E-state index in [0.717, 1.165) is 51.3 Å². The van der Waals surface area contributed by atoms with E-state index in [-0.39, 0.29) is 11.3 Å². The van der Waals surface area contributed by atoms with Crippen LogP contribution in [0.1, 0.15) is 29.6 Å². The SMILES string of the molecule is COc1cc(N2CCC3(CCCN(C(=O)c4cccnc4)C3)C2)ncn1.O=C(O)C(F)(F)F. The molecule has 2 saturated heterocycles. The summed E-state index contributed by atoms with van der Waals surface area (Å²) >= 11 is 0. The maximum Gasteiger partial charge on any atom is 0.490 e. The third-order valence-electron chi connectivity index (χ3n) is 5.70. The lowest BCUT2D eigenvalue weighted by atomic mass is 9.79. The molecular formula is C21H24F3N5O4.